The number of ether oxygens (including phenoxy) is 1. The van der Waals surface area contributed by atoms with Crippen LogP contribution in [0, 0.1) is 0 Å². The zero-order chi connectivity index (χ0) is 35.8. The summed E-state index contributed by atoms with van der Waals surface area (Å²) in [6.45, 7) is 13.9. The first kappa shape index (κ1) is 34.7. The second-order valence-electron chi connectivity index (χ2n) is 15.2. The Labute approximate surface area is 291 Å². The van der Waals surface area contributed by atoms with E-state index in [1.54, 1.807) is 30.4 Å². The van der Waals surface area contributed by atoms with Crippen molar-refractivity contribution in [3.05, 3.63) is 89.3 Å². The standard InChI is InChI=1S/C37H45N9O4/c1-35(2,3)28-20-29(40-31(39-28)32(48)38-23-15-18-45(7)19-16-23)41-34(49)42-37(22-47)17-14-27(25-10-8-9-11-26(25)37)50-24-12-13-30-43-44-33(36(4,5)6)46(30)21-24/h8-14,17,20-23,27H,15-16,18-19H2,1-7H3,(H,38,48)(H2,39,40,41,42,49)/t27-,37-/m1/s1. The van der Waals surface area contributed by atoms with Gasteiger partial charge in [0, 0.05) is 28.5 Å². The molecule has 1 aromatic carbocycles. The highest BCUT2D eigenvalue weighted by Crippen LogP contribution is 2.37. The summed E-state index contributed by atoms with van der Waals surface area (Å²) in [6, 6.07) is 12.0. The van der Waals surface area contributed by atoms with Gasteiger partial charge in [0.25, 0.3) is 5.91 Å². The molecule has 0 bridgehead atoms. The summed E-state index contributed by atoms with van der Waals surface area (Å²) >= 11 is 0. The highest BCUT2D eigenvalue weighted by atomic mass is 16.5. The van der Waals surface area contributed by atoms with E-state index in [2.05, 4.69) is 68.8 Å². The first-order valence-corrected chi connectivity index (χ1v) is 16.9. The molecule has 3 aromatic heterocycles. The van der Waals surface area contributed by atoms with E-state index in [-0.39, 0.29) is 23.1 Å². The number of urea groups is 1. The van der Waals surface area contributed by atoms with Gasteiger partial charge in [0.15, 0.2) is 11.9 Å². The summed E-state index contributed by atoms with van der Waals surface area (Å²) in [4.78, 5) is 50.9. The number of anilines is 1. The first-order valence-electron chi connectivity index (χ1n) is 16.9. The number of hydrogen-bond donors (Lipinski definition) is 3. The minimum atomic E-state index is -1.49. The highest BCUT2D eigenvalue weighted by molar-refractivity contribution is 5.94. The van der Waals surface area contributed by atoms with Crippen LogP contribution in [0.15, 0.2) is 60.8 Å². The number of piperidine rings is 1. The molecule has 4 aromatic rings. The average Bonchev–Trinajstić information content (AvgIpc) is 3.51. The third-order valence-corrected chi connectivity index (χ3v) is 9.06. The van der Waals surface area contributed by atoms with Crippen molar-refractivity contribution < 1.29 is 19.1 Å². The van der Waals surface area contributed by atoms with Gasteiger partial charge < -0.3 is 20.3 Å². The number of amides is 3. The number of pyridine rings is 1. The number of carbonyl (C=O) groups excluding carboxylic acids is 3. The van der Waals surface area contributed by atoms with Crippen LogP contribution in [0.2, 0.25) is 0 Å². The molecule has 50 heavy (non-hydrogen) atoms. The summed E-state index contributed by atoms with van der Waals surface area (Å²) in [7, 11) is 2.06. The molecule has 2 aliphatic rings. The van der Waals surface area contributed by atoms with Crippen LogP contribution < -0.4 is 20.7 Å². The van der Waals surface area contributed by atoms with Gasteiger partial charge in [-0.1, -0.05) is 65.8 Å². The Morgan fingerprint density at radius 1 is 0.980 bits per heavy atom. The van der Waals surface area contributed by atoms with Crippen molar-refractivity contribution in [1.82, 2.24) is 40.1 Å². The molecule has 0 radical (unpaired) electrons. The largest absolute Gasteiger partial charge is 0.480 e. The number of benzene rings is 1. The Balaban J connectivity index is 1.23. The van der Waals surface area contributed by atoms with E-state index in [1.165, 1.54) is 0 Å². The zero-order valence-corrected chi connectivity index (χ0v) is 29.7. The molecule has 3 N–H and O–H groups in total. The second kappa shape index (κ2) is 13.3. The minimum Gasteiger partial charge on any atom is -0.480 e. The highest BCUT2D eigenvalue weighted by Gasteiger charge is 2.38. The number of carbonyl (C=O) groups is 3. The number of aromatic nitrogens is 5. The molecular weight excluding hydrogens is 634 g/mol. The lowest BCUT2D eigenvalue weighted by molar-refractivity contribution is -0.111. The number of aldehydes is 1. The summed E-state index contributed by atoms with van der Waals surface area (Å²) < 4.78 is 8.36. The van der Waals surface area contributed by atoms with Crippen molar-refractivity contribution in [2.24, 2.45) is 0 Å². The summed E-state index contributed by atoms with van der Waals surface area (Å²) in [5.41, 5.74) is 0.416. The molecular formula is C37H45N9O4. The molecule has 1 fully saturated rings. The smallest absolute Gasteiger partial charge is 0.321 e. The molecule has 1 aliphatic heterocycles. The lowest BCUT2D eigenvalue weighted by Gasteiger charge is -2.34. The van der Waals surface area contributed by atoms with Gasteiger partial charge in [-0.05, 0) is 62.8 Å². The molecule has 6 rings (SSSR count). The molecule has 3 amide bonds. The van der Waals surface area contributed by atoms with Gasteiger partial charge in [0.1, 0.15) is 29.0 Å². The normalized spacial score (nSPS) is 19.9. The molecule has 0 spiro atoms. The van der Waals surface area contributed by atoms with Crippen molar-refractivity contribution in [3.63, 3.8) is 0 Å². The first-order chi connectivity index (χ1) is 23.6. The number of likely N-dealkylation sites (tertiary alicyclic amines) is 1. The maximum Gasteiger partial charge on any atom is 0.321 e. The van der Waals surface area contributed by atoms with Crippen LogP contribution in [0.4, 0.5) is 10.6 Å². The Hall–Kier alpha value is -5.17. The Morgan fingerprint density at radius 3 is 2.42 bits per heavy atom. The van der Waals surface area contributed by atoms with E-state index in [0.29, 0.717) is 34.5 Å². The van der Waals surface area contributed by atoms with Gasteiger partial charge in [-0.2, -0.15) is 0 Å². The van der Waals surface area contributed by atoms with E-state index in [1.807, 2.05) is 55.6 Å². The van der Waals surface area contributed by atoms with Crippen LogP contribution in [0.3, 0.4) is 0 Å². The van der Waals surface area contributed by atoms with E-state index in [0.717, 1.165) is 31.8 Å². The summed E-state index contributed by atoms with van der Waals surface area (Å²) in [6.07, 6.45) is 7.06. The van der Waals surface area contributed by atoms with Gasteiger partial charge in [0.2, 0.25) is 5.82 Å². The summed E-state index contributed by atoms with van der Waals surface area (Å²) in [5, 5.41) is 17.3. The van der Waals surface area contributed by atoms with Gasteiger partial charge in [-0.15, -0.1) is 10.2 Å². The van der Waals surface area contributed by atoms with Crippen molar-refractivity contribution >= 4 is 29.7 Å². The number of nitrogens with one attached hydrogen (secondary N) is 3. The maximum absolute atomic E-state index is 13.6. The Morgan fingerprint density at radius 2 is 1.72 bits per heavy atom. The molecule has 2 atom stereocenters. The summed E-state index contributed by atoms with van der Waals surface area (Å²) in [5.74, 6) is 1.11. The van der Waals surface area contributed by atoms with Gasteiger partial charge in [-0.25, -0.2) is 14.8 Å². The van der Waals surface area contributed by atoms with E-state index in [9.17, 15) is 14.4 Å². The van der Waals surface area contributed by atoms with Crippen LogP contribution in [0.1, 0.15) is 93.8 Å². The zero-order valence-electron chi connectivity index (χ0n) is 29.7. The third kappa shape index (κ3) is 7.23. The quantitative estimate of drug-likeness (QED) is 0.184. The number of fused-ring (bicyclic) bond motifs is 2. The van der Waals surface area contributed by atoms with Gasteiger partial charge in [-0.3, -0.25) is 19.3 Å². The van der Waals surface area contributed by atoms with E-state index >= 15 is 0 Å². The fraction of sp³-hybridized carbons (Fsp3) is 0.432. The van der Waals surface area contributed by atoms with Crippen molar-refractivity contribution in [2.75, 3.05) is 25.5 Å². The van der Waals surface area contributed by atoms with E-state index in [4.69, 9.17) is 4.74 Å². The second-order valence-corrected chi connectivity index (χ2v) is 15.2. The Kier molecular flexibility index (Phi) is 9.21. The molecule has 1 saturated heterocycles. The van der Waals surface area contributed by atoms with Crippen LogP contribution in [-0.4, -0.2) is 73.9 Å². The Bertz CT molecular complexity index is 1950. The van der Waals surface area contributed by atoms with Crippen LogP contribution in [0.5, 0.6) is 5.75 Å². The molecule has 0 unspecified atom stereocenters. The lowest BCUT2D eigenvalue weighted by Crippen LogP contribution is -2.49. The molecule has 13 heteroatoms. The van der Waals surface area contributed by atoms with Crippen LogP contribution in [-0.2, 0) is 21.2 Å². The number of hydrogen-bond acceptors (Lipinski definition) is 9. The molecule has 262 valence electrons. The maximum atomic E-state index is 13.6. The fourth-order valence-corrected chi connectivity index (χ4v) is 6.23. The van der Waals surface area contributed by atoms with Crippen LogP contribution in [0.25, 0.3) is 5.65 Å². The number of rotatable bonds is 7. The molecule has 0 saturated carbocycles. The van der Waals surface area contributed by atoms with Crippen LogP contribution >= 0.6 is 0 Å². The number of nitrogens with zero attached hydrogens (tertiary/aromatic N) is 6. The monoisotopic (exact) mass is 679 g/mol. The van der Waals surface area contributed by atoms with Crippen molar-refractivity contribution in [2.45, 2.75) is 82.9 Å². The topological polar surface area (TPSA) is 156 Å². The van der Waals surface area contributed by atoms with Crippen molar-refractivity contribution in [3.8, 4) is 5.75 Å². The minimum absolute atomic E-state index is 0.0190. The average molecular weight is 680 g/mol. The van der Waals surface area contributed by atoms with E-state index < -0.39 is 29.0 Å². The SMILES string of the molecule is CN1CCC(NC(=O)c2nc(NC(=O)N[C@@]3(C=O)C=C[C@@H](Oc4ccc5nnc(C(C)(C)C)n5c4)c4ccccc43)cc(C(C)(C)C)n2)CC1. The van der Waals surface area contributed by atoms with Gasteiger partial charge >= 0.3 is 6.03 Å². The molecule has 4 heterocycles. The molecule has 13 nitrogen and oxygen atoms in total. The predicted molar refractivity (Wildman–Crippen MR) is 189 cm³/mol. The lowest BCUT2D eigenvalue weighted by atomic mass is 9.81. The fourth-order valence-electron chi connectivity index (χ4n) is 6.23. The van der Waals surface area contributed by atoms with Crippen molar-refractivity contribution in [1.29, 1.82) is 0 Å². The van der Waals surface area contributed by atoms with Gasteiger partial charge in [0.05, 0.1) is 11.9 Å². The third-order valence-electron chi connectivity index (χ3n) is 9.06. The predicted octanol–water partition coefficient (Wildman–Crippen LogP) is 4.84. The molecule has 1 aliphatic carbocycles.